The van der Waals surface area contributed by atoms with Gasteiger partial charge in [-0.1, -0.05) is 33.6 Å². The van der Waals surface area contributed by atoms with E-state index in [2.05, 4.69) is 6.92 Å². The summed E-state index contributed by atoms with van der Waals surface area (Å²) in [7, 11) is 0. The Hall–Kier alpha value is 0.110. The monoisotopic (exact) mass is 178 g/mol. The van der Waals surface area contributed by atoms with E-state index in [1.807, 2.05) is 13.8 Å². The summed E-state index contributed by atoms with van der Waals surface area (Å²) in [5.41, 5.74) is 0. The molecular formula is C8H18O2S. The molecule has 0 aliphatic carbocycles. The molecule has 3 heteroatoms. The van der Waals surface area contributed by atoms with Crippen LogP contribution in [-0.4, -0.2) is 14.0 Å². The van der Waals surface area contributed by atoms with E-state index in [4.69, 9.17) is 4.55 Å². The van der Waals surface area contributed by atoms with E-state index in [1.54, 1.807) is 0 Å². The van der Waals surface area contributed by atoms with Crippen molar-refractivity contribution in [3.05, 3.63) is 0 Å². The summed E-state index contributed by atoms with van der Waals surface area (Å²) in [6.07, 6.45) is 3.02. The number of hydrogen-bond acceptors (Lipinski definition) is 1. The zero-order valence-corrected chi connectivity index (χ0v) is 8.36. The van der Waals surface area contributed by atoms with Crippen LogP contribution >= 0.6 is 0 Å². The van der Waals surface area contributed by atoms with E-state index in [0.29, 0.717) is 5.92 Å². The highest BCUT2D eigenvalue weighted by atomic mass is 32.2. The first kappa shape index (κ1) is 11.1. The second-order valence-electron chi connectivity index (χ2n) is 3.20. The van der Waals surface area contributed by atoms with Gasteiger partial charge in [-0.15, -0.1) is 0 Å². The van der Waals surface area contributed by atoms with E-state index in [9.17, 15) is 4.21 Å². The third-order valence-electron chi connectivity index (χ3n) is 1.84. The summed E-state index contributed by atoms with van der Waals surface area (Å²) in [6, 6.07) is 0. The summed E-state index contributed by atoms with van der Waals surface area (Å²) in [5, 5.41) is -0.0325. The number of rotatable bonds is 5. The molecular weight excluding hydrogens is 160 g/mol. The van der Waals surface area contributed by atoms with Crippen LogP contribution in [-0.2, 0) is 11.1 Å². The molecule has 1 N–H and O–H groups in total. The minimum atomic E-state index is -1.63. The lowest BCUT2D eigenvalue weighted by atomic mass is 10.1. The normalized spacial score (nSPS) is 16.8. The van der Waals surface area contributed by atoms with Crippen molar-refractivity contribution in [1.29, 1.82) is 0 Å². The van der Waals surface area contributed by atoms with Gasteiger partial charge in [0.25, 0.3) is 0 Å². The maximum atomic E-state index is 10.8. The fourth-order valence-corrected chi connectivity index (χ4v) is 1.91. The Balaban J connectivity index is 3.80. The first-order valence-electron chi connectivity index (χ1n) is 4.19. The maximum absolute atomic E-state index is 10.8. The fourth-order valence-electron chi connectivity index (χ4n) is 1.07. The summed E-state index contributed by atoms with van der Waals surface area (Å²) in [4.78, 5) is 0. The van der Waals surface area contributed by atoms with Gasteiger partial charge in [0.05, 0.1) is 5.25 Å². The minimum Gasteiger partial charge on any atom is -0.306 e. The van der Waals surface area contributed by atoms with Gasteiger partial charge < -0.3 is 4.55 Å². The number of unbranched alkanes of at least 4 members (excludes halogenated alkanes) is 1. The molecule has 0 rings (SSSR count). The zero-order chi connectivity index (χ0) is 8.85. The largest absolute Gasteiger partial charge is 0.306 e. The van der Waals surface area contributed by atoms with Gasteiger partial charge in [-0.25, -0.2) is 4.21 Å². The van der Waals surface area contributed by atoms with Crippen molar-refractivity contribution in [1.82, 2.24) is 0 Å². The highest BCUT2D eigenvalue weighted by molar-refractivity contribution is 7.79. The molecule has 0 saturated heterocycles. The van der Waals surface area contributed by atoms with Crippen molar-refractivity contribution in [2.75, 3.05) is 0 Å². The van der Waals surface area contributed by atoms with Gasteiger partial charge in [-0.2, -0.15) is 0 Å². The molecule has 0 aromatic carbocycles. The Morgan fingerprint density at radius 3 is 2.27 bits per heavy atom. The van der Waals surface area contributed by atoms with E-state index in [1.165, 1.54) is 0 Å². The molecule has 11 heavy (non-hydrogen) atoms. The average Bonchev–Trinajstić information content (AvgIpc) is 1.87. The van der Waals surface area contributed by atoms with E-state index in [-0.39, 0.29) is 5.25 Å². The third-order valence-corrected chi connectivity index (χ3v) is 3.14. The van der Waals surface area contributed by atoms with Crippen LogP contribution in [0.1, 0.15) is 40.0 Å². The molecule has 0 saturated carbocycles. The fraction of sp³-hybridized carbons (Fsp3) is 1.00. The lowest BCUT2D eigenvalue weighted by Gasteiger charge is -2.15. The first-order valence-corrected chi connectivity index (χ1v) is 5.36. The highest BCUT2D eigenvalue weighted by Crippen LogP contribution is 2.14. The second-order valence-corrected chi connectivity index (χ2v) is 4.36. The molecule has 0 amide bonds. The van der Waals surface area contributed by atoms with Crippen LogP contribution in [0.4, 0.5) is 0 Å². The molecule has 2 nitrogen and oxygen atoms in total. The standard InChI is InChI=1S/C8H18O2S/c1-4-5-6-8(7(2)3)11(9)10/h7-8H,4-6H2,1-3H3,(H,9,10). The number of hydrogen-bond donors (Lipinski definition) is 1. The Bertz CT molecular complexity index is 123. The van der Waals surface area contributed by atoms with Crippen molar-refractivity contribution in [2.45, 2.75) is 45.3 Å². The molecule has 68 valence electrons. The van der Waals surface area contributed by atoms with Crippen molar-refractivity contribution in [3.8, 4) is 0 Å². The van der Waals surface area contributed by atoms with Crippen LogP contribution in [0.5, 0.6) is 0 Å². The molecule has 0 aromatic heterocycles. The lowest BCUT2D eigenvalue weighted by Crippen LogP contribution is -2.20. The maximum Gasteiger partial charge on any atom is 0.156 e. The van der Waals surface area contributed by atoms with Crippen LogP contribution in [0.15, 0.2) is 0 Å². The van der Waals surface area contributed by atoms with Gasteiger partial charge in [0.1, 0.15) is 0 Å². The van der Waals surface area contributed by atoms with Gasteiger partial charge in [0, 0.05) is 0 Å². The van der Waals surface area contributed by atoms with Gasteiger partial charge in [0.15, 0.2) is 11.1 Å². The molecule has 0 fully saturated rings. The van der Waals surface area contributed by atoms with Crippen LogP contribution in [0.3, 0.4) is 0 Å². The Labute approximate surface area is 71.7 Å². The van der Waals surface area contributed by atoms with Crippen LogP contribution in [0.2, 0.25) is 0 Å². The van der Waals surface area contributed by atoms with Crippen molar-refractivity contribution in [3.63, 3.8) is 0 Å². The highest BCUT2D eigenvalue weighted by Gasteiger charge is 2.17. The lowest BCUT2D eigenvalue weighted by molar-refractivity contribution is 0.482. The van der Waals surface area contributed by atoms with Crippen molar-refractivity contribution < 1.29 is 8.76 Å². The molecule has 0 aliphatic rings. The first-order chi connectivity index (χ1) is 5.09. The molecule has 0 radical (unpaired) electrons. The van der Waals surface area contributed by atoms with Gasteiger partial charge in [0.2, 0.25) is 0 Å². The van der Waals surface area contributed by atoms with Gasteiger partial charge in [-0.05, 0) is 12.3 Å². The Morgan fingerprint density at radius 2 is 2.00 bits per heavy atom. The third kappa shape index (κ3) is 4.53. The SMILES string of the molecule is CCCCC(C(C)C)S(=O)O. The van der Waals surface area contributed by atoms with Crippen molar-refractivity contribution in [2.24, 2.45) is 5.92 Å². The van der Waals surface area contributed by atoms with Crippen LogP contribution in [0, 0.1) is 5.92 Å². The van der Waals surface area contributed by atoms with E-state index in [0.717, 1.165) is 19.3 Å². The van der Waals surface area contributed by atoms with E-state index < -0.39 is 11.1 Å². The minimum absolute atomic E-state index is 0.0325. The summed E-state index contributed by atoms with van der Waals surface area (Å²) in [6.45, 7) is 6.08. The average molecular weight is 178 g/mol. The molecule has 0 heterocycles. The Morgan fingerprint density at radius 1 is 1.45 bits per heavy atom. The summed E-state index contributed by atoms with van der Waals surface area (Å²) >= 11 is -1.63. The molecule has 0 bridgehead atoms. The summed E-state index contributed by atoms with van der Waals surface area (Å²) < 4.78 is 19.6. The predicted octanol–water partition coefficient (Wildman–Crippen LogP) is 2.42. The second kappa shape index (κ2) is 5.72. The quantitative estimate of drug-likeness (QED) is 0.656. The molecule has 0 aromatic rings. The molecule has 2 atom stereocenters. The molecule has 0 aliphatic heterocycles. The van der Waals surface area contributed by atoms with Crippen molar-refractivity contribution >= 4 is 11.1 Å². The van der Waals surface area contributed by atoms with Gasteiger partial charge in [-0.3, -0.25) is 0 Å². The summed E-state index contributed by atoms with van der Waals surface area (Å²) in [5.74, 6) is 0.312. The van der Waals surface area contributed by atoms with Gasteiger partial charge >= 0.3 is 0 Å². The zero-order valence-electron chi connectivity index (χ0n) is 7.54. The topological polar surface area (TPSA) is 37.3 Å². The van der Waals surface area contributed by atoms with Crippen LogP contribution < -0.4 is 0 Å². The van der Waals surface area contributed by atoms with Crippen LogP contribution in [0.25, 0.3) is 0 Å². The Kier molecular flexibility index (Phi) is 5.78. The molecule has 2 unspecified atom stereocenters. The van der Waals surface area contributed by atoms with E-state index >= 15 is 0 Å². The molecule has 0 spiro atoms. The smallest absolute Gasteiger partial charge is 0.156 e. The predicted molar refractivity (Wildman–Crippen MR) is 48.9 cm³/mol.